The number of hydrogen-bond donors (Lipinski definition) is 0. The smallest absolute Gasteiger partial charge is 0.226 e. The maximum Gasteiger partial charge on any atom is 0.226 e. The molecule has 0 atom stereocenters. The second-order valence-electron chi connectivity index (χ2n) is 8.01. The number of ether oxygens (including phenoxy) is 2. The summed E-state index contributed by atoms with van der Waals surface area (Å²) in [5, 5.41) is 3.13. The highest BCUT2D eigenvalue weighted by Crippen LogP contribution is 2.37. The molecule has 0 bridgehead atoms. The van der Waals surface area contributed by atoms with Crippen molar-refractivity contribution < 1.29 is 23.0 Å². The zero-order valence-corrected chi connectivity index (χ0v) is 18.2. The molecule has 8 heteroatoms. The van der Waals surface area contributed by atoms with Crippen molar-refractivity contribution in [1.82, 2.24) is 9.88 Å². The Balaban J connectivity index is 1.20. The van der Waals surface area contributed by atoms with Crippen LogP contribution < -0.4 is 9.47 Å². The van der Waals surface area contributed by atoms with Crippen molar-refractivity contribution in [1.29, 1.82) is 0 Å². The molecule has 166 valence electrons. The molecule has 1 aromatic heterocycles. The Labute approximate surface area is 188 Å². The monoisotopic (exact) mass is 456 g/mol. The number of nitrogens with zero attached hydrogens (tertiary/aromatic N) is 2. The molecule has 0 spiro atoms. The zero-order chi connectivity index (χ0) is 22.1. The Bertz CT molecular complexity index is 1140. The number of benzene rings is 2. The minimum absolute atomic E-state index is 0.0643. The maximum absolute atomic E-state index is 13.4. The van der Waals surface area contributed by atoms with Crippen molar-refractivity contribution in [2.24, 2.45) is 0 Å². The molecule has 0 saturated carbocycles. The molecule has 5 rings (SSSR count). The molecule has 5 nitrogen and oxygen atoms in total. The first-order chi connectivity index (χ1) is 15.6. The van der Waals surface area contributed by atoms with Crippen LogP contribution in [0.1, 0.15) is 29.3 Å². The van der Waals surface area contributed by atoms with Gasteiger partial charge < -0.3 is 14.4 Å². The number of amides is 1. The van der Waals surface area contributed by atoms with Gasteiger partial charge in [-0.3, -0.25) is 4.79 Å². The quantitative estimate of drug-likeness (QED) is 0.566. The third kappa shape index (κ3) is 4.32. The molecule has 2 aliphatic rings. The predicted octanol–water partition coefficient (Wildman–Crippen LogP) is 4.81. The van der Waals surface area contributed by atoms with E-state index in [0.29, 0.717) is 37.8 Å². The topological polar surface area (TPSA) is 51.7 Å². The van der Waals surface area contributed by atoms with Gasteiger partial charge in [0.1, 0.15) is 13.2 Å². The lowest BCUT2D eigenvalue weighted by molar-refractivity contribution is -0.131. The van der Waals surface area contributed by atoms with Crippen molar-refractivity contribution in [2.75, 3.05) is 26.3 Å². The number of rotatable bonds is 4. The number of aromatic nitrogens is 1. The summed E-state index contributed by atoms with van der Waals surface area (Å²) in [6.07, 6.45) is 1.74. The molecule has 1 fully saturated rings. The molecule has 0 unspecified atom stereocenters. The van der Waals surface area contributed by atoms with Crippen LogP contribution in [0.5, 0.6) is 11.5 Å². The second-order valence-corrected chi connectivity index (χ2v) is 8.90. The van der Waals surface area contributed by atoms with Gasteiger partial charge in [-0.15, -0.1) is 11.3 Å². The Morgan fingerprint density at radius 1 is 1.03 bits per heavy atom. The number of likely N-dealkylation sites (tertiary alicyclic amines) is 1. The van der Waals surface area contributed by atoms with Crippen LogP contribution in [-0.2, 0) is 11.2 Å². The van der Waals surface area contributed by atoms with E-state index in [9.17, 15) is 13.6 Å². The van der Waals surface area contributed by atoms with Crippen LogP contribution >= 0.6 is 11.3 Å². The van der Waals surface area contributed by atoms with Crippen LogP contribution in [0.3, 0.4) is 0 Å². The molecule has 0 radical (unpaired) electrons. The fraction of sp³-hybridized carbons (Fsp3) is 0.333. The van der Waals surface area contributed by atoms with E-state index in [1.807, 2.05) is 18.2 Å². The first kappa shape index (κ1) is 20.9. The van der Waals surface area contributed by atoms with E-state index in [1.165, 1.54) is 6.07 Å². The number of hydrogen-bond acceptors (Lipinski definition) is 5. The van der Waals surface area contributed by atoms with Gasteiger partial charge >= 0.3 is 0 Å². The number of carbonyl (C=O) groups excluding carboxylic acids is 1. The molecule has 1 amide bonds. The molecule has 3 aromatic rings. The SMILES string of the molecule is O=C(Cc1ccc(F)c(F)c1)N1CCC(c2nc(-c3ccc4c(c3)OCCO4)cs2)CC1. The number of carbonyl (C=O) groups is 1. The van der Waals surface area contributed by atoms with E-state index < -0.39 is 11.6 Å². The van der Waals surface area contributed by atoms with Crippen LogP contribution in [0, 0.1) is 11.6 Å². The van der Waals surface area contributed by atoms with E-state index >= 15 is 0 Å². The van der Waals surface area contributed by atoms with Gasteiger partial charge in [-0.2, -0.15) is 0 Å². The molecule has 0 aliphatic carbocycles. The van der Waals surface area contributed by atoms with E-state index in [2.05, 4.69) is 5.38 Å². The molecule has 1 saturated heterocycles. The van der Waals surface area contributed by atoms with Gasteiger partial charge in [-0.05, 0) is 48.7 Å². The highest BCUT2D eigenvalue weighted by atomic mass is 32.1. The van der Waals surface area contributed by atoms with Gasteiger partial charge in [-0.25, -0.2) is 13.8 Å². The van der Waals surface area contributed by atoms with E-state index in [4.69, 9.17) is 14.5 Å². The summed E-state index contributed by atoms with van der Waals surface area (Å²) < 4.78 is 37.7. The largest absolute Gasteiger partial charge is 0.486 e. The molecular weight excluding hydrogens is 434 g/mol. The lowest BCUT2D eigenvalue weighted by atomic mass is 9.97. The zero-order valence-electron chi connectivity index (χ0n) is 17.4. The third-order valence-electron chi connectivity index (χ3n) is 5.90. The van der Waals surface area contributed by atoms with Crippen LogP contribution in [0.2, 0.25) is 0 Å². The van der Waals surface area contributed by atoms with E-state index in [1.54, 1.807) is 16.2 Å². The van der Waals surface area contributed by atoms with Gasteiger partial charge in [0, 0.05) is 30.0 Å². The fourth-order valence-corrected chi connectivity index (χ4v) is 5.12. The van der Waals surface area contributed by atoms with Crippen LogP contribution in [0.15, 0.2) is 41.8 Å². The normalized spacial score (nSPS) is 16.2. The molecule has 3 heterocycles. The summed E-state index contributed by atoms with van der Waals surface area (Å²) in [7, 11) is 0. The molecule has 0 N–H and O–H groups in total. The first-order valence-corrected chi connectivity index (χ1v) is 11.5. The Hall–Kier alpha value is -3.00. The van der Waals surface area contributed by atoms with Crippen molar-refractivity contribution in [3.8, 4) is 22.8 Å². The lowest BCUT2D eigenvalue weighted by Gasteiger charge is -2.31. The minimum Gasteiger partial charge on any atom is -0.486 e. The summed E-state index contributed by atoms with van der Waals surface area (Å²) >= 11 is 1.64. The highest BCUT2D eigenvalue weighted by molar-refractivity contribution is 7.10. The number of fused-ring (bicyclic) bond motifs is 1. The molecule has 32 heavy (non-hydrogen) atoms. The summed E-state index contributed by atoms with van der Waals surface area (Å²) in [5.41, 5.74) is 2.40. The Morgan fingerprint density at radius 2 is 1.81 bits per heavy atom. The minimum atomic E-state index is -0.924. The molecule has 2 aliphatic heterocycles. The highest BCUT2D eigenvalue weighted by Gasteiger charge is 2.26. The third-order valence-corrected chi connectivity index (χ3v) is 6.90. The van der Waals surface area contributed by atoms with Crippen molar-refractivity contribution >= 4 is 17.2 Å². The van der Waals surface area contributed by atoms with Crippen LogP contribution in [0.25, 0.3) is 11.3 Å². The predicted molar refractivity (Wildman–Crippen MR) is 117 cm³/mol. The number of thiazole rings is 1. The lowest BCUT2D eigenvalue weighted by Crippen LogP contribution is -2.38. The number of piperidine rings is 1. The summed E-state index contributed by atoms with van der Waals surface area (Å²) in [5.74, 6) is -0.0801. The van der Waals surface area contributed by atoms with Gasteiger partial charge in [0.05, 0.1) is 17.1 Å². The van der Waals surface area contributed by atoms with Crippen LogP contribution in [0.4, 0.5) is 8.78 Å². The van der Waals surface area contributed by atoms with Crippen molar-refractivity contribution in [3.05, 3.63) is 64.0 Å². The second kappa shape index (κ2) is 8.86. The Morgan fingerprint density at radius 3 is 2.59 bits per heavy atom. The van der Waals surface area contributed by atoms with Gasteiger partial charge in [0.2, 0.25) is 5.91 Å². The average molecular weight is 457 g/mol. The van der Waals surface area contributed by atoms with E-state index in [-0.39, 0.29) is 12.3 Å². The van der Waals surface area contributed by atoms with Crippen LogP contribution in [-0.4, -0.2) is 42.1 Å². The standard InChI is InChI=1S/C24H22F2N2O3S/c25-18-3-1-15(11-19(18)26)12-23(29)28-7-5-16(6-8-28)24-27-20(14-32-24)17-2-4-21-22(13-17)31-10-9-30-21/h1-4,11,13-14,16H,5-10,12H2. The first-order valence-electron chi connectivity index (χ1n) is 10.6. The molecular formula is C24H22F2N2O3S. The maximum atomic E-state index is 13.4. The number of halogens is 2. The van der Waals surface area contributed by atoms with Gasteiger partial charge in [-0.1, -0.05) is 6.07 Å². The van der Waals surface area contributed by atoms with Gasteiger partial charge in [0.25, 0.3) is 0 Å². The van der Waals surface area contributed by atoms with Crippen molar-refractivity contribution in [3.63, 3.8) is 0 Å². The van der Waals surface area contributed by atoms with Gasteiger partial charge in [0.15, 0.2) is 23.1 Å². The average Bonchev–Trinajstić information content (AvgIpc) is 3.32. The van der Waals surface area contributed by atoms with Crippen molar-refractivity contribution in [2.45, 2.75) is 25.2 Å². The Kier molecular flexibility index (Phi) is 5.78. The van der Waals surface area contributed by atoms with E-state index in [0.717, 1.165) is 52.7 Å². The summed E-state index contributed by atoms with van der Waals surface area (Å²) in [6, 6.07) is 9.48. The summed E-state index contributed by atoms with van der Waals surface area (Å²) in [6.45, 7) is 2.37. The molecule has 2 aromatic carbocycles. The fourth-order valence-electron chi connectivity index (χ4n) is 4.12. The summed E-state index contributed by atoms with van der Waals surface area (Å²) in [4.78, 5) is 19.2.